The Hall–Kier alpha value is -0.519. The molecule has 0 aromatic heterocycles. The number of hydrogen-bond donors (Lipinski definition) is 0. The van der Waals surface area contributed by atoms with Gasteiger partial charge in [-0.05, 0) is 118 Å². The topological polar surface area (TPSA) is 54.0 Å². The fourth-order valence-corrected chi connectivity index (χ4v) is 10.4. The Bertz CT molecular complexity index is 1110. The molecule has 1 aliphatic heterocycles. The van der Waals surface area contributed by atoms with Crippen LogP contribution in [-0.2, 0) is 22.8 Å². The first kappa shape index (κ1) is 47.5. The van der Waals surface area contributed by atoms with E-state index < -0.39 is 25.0 Å². The lowest BCUT2D eigenvalue weighted by Crippen LogP contribution is -2.48. The van der Waals surface area contributed by atoms with Gasteiger partial charge in [0, 0.05) is 25.0 Å². The Morgan fingerprint density at radius 3 is 1.86 bits per heavy atom. The van der Waals surface area contributed by atoms with E-state index in [4.69, 9.17) is 18.0 Å². The number of allylic oxidation sites excluding steroid dienone is 2. The Labute approximate surface area is 314 Å². The molecule has 0 aromatic rings. The van der Waals surface area contributed by atoms with Crippen molar-refractivity contribution < 1.29 is 22.8 Å². The molecule has 0 spiro atoms. The van der Waals surface area contributed by atoms with Crippen LogP contribution in [0.5, 0.6) is 0 Å². The summed E-state index contributed by atoms with van der Waals surface area (Å²) in [6, 6.07) is 0. The van der Waals surface area contributed by atoms with E-state index in [0.717, 1.165) is 38.5 Å². The van der Waals surface area contributed by atoms with E-state index in [9.17, 15) is 4.79 Å². The van der Waals surface area contributed by atoms with Crippen LogP contribution in [0.4, 0.5) is 0 Å². The van der Waals surface area contributed by atoms with Crippen molar-refractivity contribution in [3.05, 3.63) is 23.8 Å². The number of rotatable bonds is 13. The SMILES string of the molecule is CC(=C[C@@H](C)[C@@H](C[C@@H](C)O[Si](C)(C)C(C)(C)C)O[Si](C)(C)C(C)(C)C)C[C@H](C)[C@H]1CC=CC[C@H](C)[C@@H](O[Si](C)(C)C(C)(C)C)CCCC(=O)O1. The smallest absolute Gasteiger partial charge is 0.306 e. The van der Waals surface area contributed by atoms with Crippen LogP contribution in [-0.4, -0.2) is 55.3 Å². The minimum Gasteiger partial charge on any atom is -0.462 e. The fraction of sp³-hybridized carbons (Fsp3) is 0.881. The van der Waals surface area contributed by atoms with Crippen molar-refractivity contribution in [3.8, 4) is 0 Å². The molecular formula is C42H84O5Si3. The summed E-state index contributed by atoms with van der Waals surface area (Å²) in [6.07, 6.45) is 12.8. The van der Waals surface area contributed by atoms with Crippen molar-refractivity contribution in [3.63, 3.8) is 0 Å². The van der Waals surface area contributed by atoms with Crippen LogP contribution in [0.3, 0.4) is 0 Å². The van der Waals surface area contributed by atoms with Crippen LogP contribution < -0.4 is 0 Å². The van der Waals surface area contributed by atoms with Crippen LogP contribution in [0.2, 0.25) is 54.4 Å². The zero-order chi connectivity index (χ0) is 39.1. The highest BCUT2D eigenvalue weighted by Crippen LogP contribution is 2.42. The number of hydrogen-bond acceptors (Lipinski definition) is 5. The van der Waals surface area contributed by atoms with Gasteiger partial charge in [0.2, 0.25) is 0 Å². The monoisotopic (exact) mass is 753 g/mol. The van der Waals surface area contributed by atoms with E-state index in [2.05, 4.69) is 154 Å². The molecule has 0 aliphatic carbocycles. The van der Waals surface area contributed by atoms with Gasteiger partial charge in [0.05, 0.1) is 6.10 Å². The van der Waals surface area contributed by atoms with E-state index in [-0.39, 0.29) is 57.3 Å². The van der Waals surface area contributed by atoms with E-state index in [1.54, 1.807) is 0 Å². The first-order valence-corrected chi connectivity index (χ1v) is 28.7. The molecule has 294 valence electrons. The summed E-state index contributed by atoms with van der Waals surface area (Å²) in [7, 11) is -5.82. The Morgan fingerprint density at radius 1 is 0.840 bits per heavy atom. The molecule has 0 bridgehead atoms. The van der Waals surface area contributed by atoms with Gasteiger partial charge in [-0.15, -0.1) is 0 Å². The fourth-order valence-electron chi connectivity index (χ4n) is 6.02. The van der Waals surface area contributed by atoms with Gasteiger partial charge in [-0.1, -0.05) is 107 Å². The average Bonchev–Trinajstić information content (AvgIpc) is 2.90. The summed E-state index contributed by atoms with van der Waals surface area (Å²) in [5, 5.41) is 0.458. The van der Waals surface area contributed by atoms with Crippen molar-refractivity contribution in [2.75, 3.05) is 0 Å². The maximum absolute atomic E-state index is 13.2. The lowest BCUT2D eigenvalue weighted by molar-refractivity contribution is -0.151. The Morgan fingerprint density at radius 2 is 1.34 bits per heavy atom. The first-order chi connectivity index (χ1) is 22.4. The van der Waals surface area contributed by atoms with Crippen molar-refractivity contribution in [2.45, 2.75) is 221 Å². The second kappa shape index (κ2) is 18.7. The molecule has 0 radical (unpaired) electrons. The number of ether oxygens (including phenoxy) is 1. The lowest BCUT2D eigenvalue weighted by Gasteiger charge is -2.43. The first-order valence-electron chi connectivity index (χ1n) is 20.0. The van der Waals surface area contributed by atoms with Crippen LogP contribution in [0.25, 0.3) is 0 Å². The van der Waals surface area contributed by atoms with E-state index in [0.29, 0.717) is 12.3 Å². The summed E-state index contributed by atoms with van der Waals surface area (Å²) in [5.41, 5.74) is 1.33. The number of carbonyl (C=O) groups is 1. The molecule has 0 unspecified atom stereocenters. The lowest BCUT2D eigenvalue weighted by atomic mass is 9.90. The van der Waals surface area contributed by atoms with Crippen molar-refractivity contribution in [2.24, 2.45) is 17.8 Å². The van der Waals surface area contributed by atoms with Gasteiger partial charge in [-0.25, -0.2) is 0 Å². The van der Waals surface area contributed by atoms with Crippen molar-refractivity contribution in [1.82, 2.24) is 0 Å². The third-order valence-electron chi connectivity index (χ3n) is 12.6. The van der Waals surface area contributed by atoms with Crippen molar-refractivity contribution >= 4 is 30.9 Å². The molecule has 0 aromatic carbocycles. The largest absolute Gasteiger partial charge is 0.462 e. The molecule has 1 rings (SSSR count). The minimum absolute atomic E-state index is 0.0782. The maximum atomic E-state index is 13.2. The Kier molecular flexibility index (Phi) is 17.8. The molecule has 7 atom stereocenters. The maximum Gasteiger partial charge on any atom is 0.306 e. The highest BCUT2D eigenvalue weighted by Gasteiger charge is 2.43. The summed E-state index contributed by atoms with van der Waals surface area (Å²) in [4.78, 5) is 13.2. The summed E-state index contributed by atoms with van der Waals surface area (Å²) < 4.78 is 27.1. The predicted molar refractivity (Wildman–Crippen MR) is 224 cm³/mol. The quantitative estimate of drug-likeness (QED) is 0.106. The highest BCUT2D eigenvalue weighted by atomic mass is 28.4. The summed E-state index contributed by atoms with van der Waals surface area (Å²) in [5.74, 6) is 0.782. The Balaban J connectivity index is 3.14. The van der Waals surface area contributed by atoms with Gasteiger partial charge in [-0.3, -0.25) is 4.79 Å². The molecular weight excluding hydrogens is 669 g/mol. The molecule has 1 aliphatic rings. The highest BCUT2D eigenvalue weighted by molar-refractivity contribution is 6.75. The third kappa shape index (κ3) is 15.1. The standard InChI is InChI=1S/C42H84O5Si3/c1-31(29-34(4)38(47-50(19,20)42(12,13)14)30-35(5)45-48(15,16)40(6,7)8)28-33(3)36-25-22-21-24-32(2)37(26-23-27-39(43)44-36)46-49(17,18)41(9,10)11/h21-22,29,32-38H,23-28,30H2,1-20H3/t32-,33-,34+,35+,36+,37-,38+/m0/s1. The average molecular weight is 753 g/mol. The van der Waals surface area contributed by atoms with Crippen LogP contribution in [0.15, 0.2) is 23.8 Å². The van der Waals surface area contributed by atoms with Crippen LogP contribution >= 0.6 is 0 Å². The predicted octanol–water partition coefficient (Wildman–Crippen LogP) is 13.2. The molecule has 50 heavy (non-hydrogen) atoms. The zero-order valence-electron chi connectivity index (χ0n) is 36.8. The van der Waals surface area contributed by atoms with E-state index in [1.807, 2.05) is 0 Å². The van der Waals surface area contributed by atoms with Crippen LogP contribution in [0.1, 0.15) is 142 Å². The molecule has 8 heteroatoms. The molecule has 0 saturated carbocycles. The number of esters is 1. The molecule has 0 N–H and O–H groups in total. The molecule has 0 fully saturated rings. The molecule has 0 saturated heterocycles. The molecule has 0 amide bonds. The normalized spacial score (nSPS) is 24.1. The molecule has 5 nitrogen and oxygen atoms in total. The second-order valence-electron chi connectivity index (χ2n) is 20.7. The van der Waals surface area contributed by atoms with Gasteiger partial charge < -0.3 is 18.0 Å². The number of carbonyl (C=O) groups excluding carboxylic acids is 1. The number of cyclic esters (lactones) is 1. The molecule has 1 heterocycles. The third-order valence-corrected chi connectivity index (χ3v) is 26.2. The van der Waals surface area contributed by atoms with Crippen LogP contribution in [0, 0.1) is 17.8 Å². The summed E-state index contributed by atoms with van der Waals surface area (Å²) >= 11 is 0. The van der Waals surface area contributed by atoms with Crippen molar-refractivity contribution in [1.29, 1.82) is 0 Å². The van der Waals surface area contributed by atoms with Gasteiger partial charge in [-0.2, -0.15) is 0 Å². The zero-order valence-corrected chi connectivity index (χ0v) is 39.8. The van der Waals surface area contributed by atoms with E-state index in [1.165, 1.54) is 5.57 Å². The minimum atomic E-state index is -2.01. The van der Waals surface area contributed by atoms with E-state index >= 15 is 0 Å². The van der Waals surface area contributed by atoms with Gasteiger partial charge in [0.25, 0.3) is 0 Å². The van der Waals surface area contributed by atoms with Gasteiger partial charge >= 0.3 is 5.97 Å². The second-order valence-corrected chi connectivity index (χ2v) is 34.9. The summed E-state index contributed by atoms with van der Waals surface area (Å²) in [6.45, 7) is 46.2. The van der Waals surface area contributed by atoms with Gasteiger partial charge in [0.1, 0.15) is 6.10 Å². The van der Waals surface area contributed by atoms with Gasteiger partial charge in [0.15, 0.2) is 25.0 Å².